The minimum absolute atomic E-state index is 0.0936. The predicted molar refractivity (Wildman–Crippen MR) is 65.8 cm³/mol. The van der Waals surface area contributed by atoms with Gasteiger partial charge in [0.25, 0.3) is 0 Å². The van der Waals surface area contributed by atoms with Gasteiger partial charge in [0.15, 0.2) is 0 Å². The van der Waals surface area contributed by atoms with E-state index in [1.165, 1.54) is 0 Å². The van der Waals surface area contributed by atoms with E-state index in [0.29, 0.717) is 25.7 Å². The van der Waals surface area contributed by atoms with E-state index >= 15 is 0 Å². The molecule has 1 saturated heterocycles. The predicted octanol–water partition coefficient (Wildman–Crippen LogP) is 1.47. The maximum atomic E-state index is 11.5. The summed E-state index contributed by atoms with van der Waals surface area (Å²) in [5.41, 5.74) is 0. The Morgan fingerprint density at radius 2 is 2.50 bits per heavy atom. The molecule has 1 amide bonds. The Morgan fingerprint density at radius 3 is 3.12 bits per heavy atom. The largest absolute Gasteiger partial charge is 0.383 e. The second-order valence-electron chi connectivity index (χ2n) is 4.03. The lowest BCUT2D eigenvalue weighted by Crippen LogP contribution is -2.31. The van der Waals surface area contributed by atoms with Crippen LogP contribution in [0.25, 0.3) is 0 Å². The fourth-order valence-electron chi connectivity index (χ4n) is 1.72. The van der Waals surface area contributed by atoms with Gasteiger partial charge in [-0.2, -0.15) is 0 Å². The number of amides is 1. The molecule has 5 heteroatoms. The van der Waals surface area contributed by atoms with Crippen LogP contribution in [-0.2, 0) is 14.3 Å². The molecular formula is C11H20BrNO3. The summed E-state index contributed by atoms with van der Waals surface area (Å²) in [6.45, 7) is 2.06. The Balaban J connectivity index is 2.01. The third kappa shape index (κ3) is 5.82. The standard InChI is InChI=1S/C11H20BrNO3/c1-15-8-9(12)7-13-11(14)5-4-10-3-2-6-16-10/h9-10H,2-8H2,1H3,(H,13,14). The van der Waals surface area contributed by atoms with Crippen LogP contribution in [0, 0.1) is 0 Å². The number of alkyl halides is 1. The van der Waals surface area contributed by atoms with E-state index in [1.54, 1.807) is 7.11 Å². The molecule has 0 aromatic carbocycles. The van der Waals surface area contributed by atoms with Crippen LogP contribution in [0.1, 0.15) is 25.7 Å². The van der Waals surface area contributed by atoms with Gasteiger partial charge >= 0.3 is 0 Å². The summed E-state index contributed by atoms with van der Waals surface area (Å²) in [6.07, 6.45) is 3.91. The first-order valence-electron chi connectivity index (χ1n) is 5.73. The molecule has 1 heterocycles. The van der Waals surface area contributed by atoms with Crippen LogP contribution in [0.15, 0.2) is 0 Å². The van der Waals surface area contributed by atoms with Crippen molar-refractivity contribution in [1.29, 1.82) is 0 Å². The fourth-order valence-corrected chi connectivity index (χ4v) is 2.14. The van der Waals surface area contributed by atoms with Crippen molar-refractivity contribution >= 4 is 21.8 Å². The lowest BCUT2D eigenvalue weighted by Gasteiger charge is -2.11. The normalized spacial score (nSPS) is 22.0. The molecule has 0 radical (unpaired) electrons. The van der Waals surface area contributed by atoms with Gasteiger partial charge in [0.2, 0.25) is 5.91 Å². The zero-order valence-electron chi connectivity index (χ0n) is 9.71. The second kappa shape index (κ2) is 8.03. The van der Waals surface area contributed by atoms with Crippen LogP contribution in [0.5, 0.6) is 0 Å². The van der Waals surface area contributed by atoms with Gasteiger partial charge in [0.1, 0.15) is 0 Å². The fraction of sp³-hybridized carbons (Fsp3) is 0.909. The maximum Gasteiger partial charge on any atom is 0.220 e. The Morgan fingerprint density at radius 1 is 1.69 bits per heavy atom. The molecule has 0 spiro atoms. The van der Waals surface area contributed by atoms with Crippen LogP contribution < -0.4 is 5.32 Å². The van der Waals surface area contributed by atoms with Crippen molar-refractivity contribution < 1.29 is 14.3 Å². The Hall–Kier alpha value is -0.130. The Kier molecular flexibility index (Phi) is 7.00. The molecule has 0 aromatic heterocycles. The summed E-state index contributed by atoms with van der Waals surface area (Å²) in [5, 5.41) is 2.87. The van der Waals surface area contributed by atoms with Crippen molar-refractivity contribution in [3.63, 3.8) is 0 Å². The first-order chi connectivity index (χ1) is 7.72. The molecule has 0 aliphatic carbocycles. The number of carbonyl (C=O) groups is 1. The third-order valence-corrected chi connectivity index (χ3v) is 3.17. The highest BCUT2D eigenvalue weighted by Gasteiger charge is 2.16. The molecule has 4 nitrogen and oxygen atoms in total. The van der Waals surface area contributed by atoms with Gasteiger partial charge in [-0.1, -0.05) is 15.9 Å². The number of ether oxygens (including phenoxy) is 2. The monoisotopic (exact) mass is 293 g/mol. The Labute approximate surface area is 105 Å². The van der Waals surface area contributed by atoms with E-state index in [9.17, 15) is 4.79 Å². The van der Waals surface area contributed by atoms with Gasteiger partial charge in [0, 0.05) is 26.7 Å². The highest BCUT2D eigenvalue weighted by molar-refractivity contribution is 9.09. The van der Waals surface area contributed by atoms with Gasteiger partial charge < -0.3 is 14.8 Å². The lowest BCUT2D eigenvalue weighted by molar-refractivity contribution is -0.121. The summed E-state index contributed by atoms with van der Waals surface area (Å²) in [7, 11) is 1.65. The van der Waals surface area contributed by atoms with E-state index in [-0.39, 0.29) is 10.7 Å². The zero-order valence-corrected chi connectivity index (χ0v) is 11.3. The molecule has 0 bridgehead atoms. The van der Waals surface area contributed by atoms with Crippen molar-refractivity contribution in [2.24, 2.45) is 0 Å². The Bertz CT molecular complexity index is 207. The van der Waals surface area contributed by atoms with Gasteiger partial charge in [0.05, 0.1) is 17.5 Å². The molecule has 1 aliphatic heterocycles. The van der Waals surface area contributed by atoms with Crippen molar-refractivity contribution in [1.82, 2.24) is 5.32 Å². The summed E-state index contributed by atoms with van der Waals surface area (Å²) in [5.74, 6) is 0.0936. The van der Waals surface area contributed by atoms with Crippen LogP contribution in [0.2, 0.25) is 0 Å². The maximum absolute atomic E-state index is 11.5. The van der Waals surface area contributed by atoms with Crippen LogP contribution in [0.4, 0.5) is 0 Å². The van der Waals surface area contributed by atoms with Crippen molar-refractivity contribution in [3.05, 3.63) is 0 Å². The number of nitrogens with one attached hydrogen (secondary N) is 1. The van der Waals surface area contributed by atoms with E-state index < -0.39 is 0 Å². The minimum atomic E-state index is 0.0936. The van der Waals surface area contributed by atoms with Gasteiger partial charge in [-0.3, -0.25) is 4.79 Å². The molecule has 0 saturated carbocycles. The highest BCUT2D eigenvalue weighted by Crippen LogP contribution is 2.16. The SMILES string of the molecule is COCC(Br)CNC(=O)CCC1CCCO1. The van der Waals surface area contributed by atoms with E-state index in [4.69, 9.17) is 9.47 Å². The smallest absolute Gasteiger partial charge is 0.220 e. The average Bonchev–Trinajstić information content (AvgIpc) is 2.77. The molecular weight excluding hydrogens is 274 g/mol. The highest BCUT2D eigenvalue weighted by atomic mass is 79.9. The average molecular weight is 294 g/mol. The van der Waals surface area contributed by atoms with Crippen molar-refractivity contribution in [2.45, 2.75) is 36.6 Å². The summed E-state index contributed by atoms with van der Waals surface area (Å²) in [4.78, 5) is 11.7. The lowest BCUT2D eigenvalue weighted by atomic mass is 10.1. The molecule has 0 aromatic rings. The molecule has 1 N–H and O–H groups in total. The van der Waals surface area contributed by atoms with Crippen LogP contribution in [-0.4, -0.2) is 43.7 Å². The van der Waals surface area contributed by atoms with Crippen LogP contribution >= 0.6 is 15.9 Å². The quantitative estimate of drug-likeness (QED) is 0.723. The van der Waals surface area contributed by atoms with Gasteiger partial charge in [-0.15, -0.1) is 0 Å². The molecule has 2 atom stereocenters. The van der Waals surface area contributed by atoms with Gasteiger partial charge in [-0.25, -0.2) is 0 Å². The summed E-state index contributed by atoms with van der Waals surface area (Å²) >= 11 is 3.42. The number of halogens is 1. The zero-order chi connectivity index (χ0) is 11.8. The topological polar surface area (TPSA) is 47.6 Å². The van der Waals surface area contributed by atoms with Crippen molar-refractivity contribution in [3.8, 4) is 0 Å². The molecule has 2 unspecified atom stereocenters. The van der Waals surface area contributed by atoms with E-state index in [2.05, 4.69) is 21.2 Å². The second-order valence-corrected chi connectivity index (χ2v) is 5.33. The number of rotatable bonds is 7. The minimum Gasteiger partial charge on any atom is -0.383 e. The summed E-state index contributed by atoms with van der Waals surface area (Å²) < 4.78 is 10.4. The molecule has 16 heavy (non-hydrogen) atoms. The first kappa shape index (κ1) is 13.9. The third-order valence-electron chi connectivity index (χ3n) is 2.59. The summed E-state index contributed by atoms with van der Waals surface area (Å²) in [6, 6.07) is 0. The van der Waals surface area contributed by atoms with E-state index in [0.717, 1.165) is 25.9 Å². The molecule has 1 aliphatic rings. The number of methoxy groups -OCH3 is 1. The molecule has 1 rings (SSSR count). The first-order valence-corrected chi connectivity index (χ1v) is 6.65. The molecule has 94 valence electrons. The van der Waals surface area contributed by atoms with Crippen LogP contribution in [0.3, 0.4) is 0 Å². The van der Waals surface area contributed by atoms with Gasteiger partial charge in [-0.05, 0) is 19.3 Å². The van der Waals surface area contributed by atoms with Crippen molar-refractivity contribution in [2.75, 3.05) is 26.9 Å². The van der Waals surface area contributed by atoms with E-state index in [1.807, 2.05) is 0 Å². The number of hydrogen-bond acceptors (Lipinski definition) is 3. The molecule has 1 fully saturated rings. The number of carbonyl (C=O) groups excluding carboxylic acids is 1. The number of hydrogen-bond donors (Lipinski definition) is 1.